The number of rotatable bonds is 9. The van der Waals surface area contributed by atoms with Crippen molar-refractivity contribution in [2.45, 2.75) is 31.5 Å². The summed E-state index contributed by atoms with van der Waals surface area (Å²) in [6, 6.07) is 10.6. The quantitative estimate of drug-likeness (QED) is 0.566. The summed E-state index contributed by atoms with van der Waals surface area (Å²) in [6.07, 6.45) is 2.24. The number of likely N-dealkylation sites (N-methyl/N-ethyl adjacent to an activating group) is 1. The van der Waals surface area contributed by atoms with E-state index in [2.05, 4.69) is 58.1 Å². The Kier molecular flexibility index (Phi) is 6.53. The number of aromatic nitrogens is 4. The van der Waals surface area contributed by atoms with E-state index in [1.807, 2.05) is 4.68 Å². The highest BCUT2D eigenvalue weighted by Crippen LogP contribution is 2.15. The standard InChI is InChI=1S/C14H21N5S/c1-2-15-10-11-19-14(16-17-18-19)20-12-6-9-13-7-4-3-5-8-13/h3-5,7-8,15H,2,6,9-12H2,1H3. The number of thioether (sulfide) groups is 1. The van der Waals surface area contributed by atoms with Crippen molar-refractivity contribution in [3.63, 3.8) is 0 Å². The third-order valence-corrected chi connectivity index (χ3v) is 3.98. The van der Waals surface area contributed by atoms with Gasteiger partial charge in [-0.3, -0.25) is 0 Å². The molecule has 5 nitrogen and oxygen atoms in total. The number of hydrogen-bond acceptors (Lipinski definition) is 5. The smallest absolute Gasteiger partial charge is 0.209 e. The van der Waals surface area contributed by atoms with Gasteiger partial charge < -0.3 is 5.32 Å². The average molecular weight is 291 g/mol. The molecule has 0 unspecified atom stereocenters. The van der Waals surface area contributed by atoms with Crippen LogP contribution in [0.2, 0.25) is 0 Å². The molecule has 1 N–H and O–H groups in total. The Morgan fingerprint density at radius 1 is 1.25 bits per heavy atom. The van der Waals surface area contributed by atoms with E-state index in [9.17, 15) is 0 Å². The molecule has 6 heteroatoms. The molecule has 0 aliphatic rings. The summed E-state index contributed by atoms with van der Waals surface area (Å²) < 4.78 is 1.87. The number of aryl methyl sites for hydroxylation is 1. The van der Waals surface area contributed by atoms with Gasteiger partial charge in [-0.2, -0.15) is 0 Å². The van der Waals surface area contributed by atoms with Gasteiger partial charge >= 0.3 is 0 Å². The summed E-state index contributed by atoms with van der Waals surface area (Å²) in [6.45, 7) is 4.79. The van der Waals surface area contributed by atoms with Crippen LogP contribution >= 0.6 is 11.8 Å². The van der Waals surface area contributed by atoms with Gasteiger partial charge in [-0.1, -0.05) is 49.0 Å². The van der Waals surface area contributed by atoms with Crippen LogP contribution in [0.1, 0.15) is 18.9 Å². The maximum absolute atomic E-state index is 4.08. The molecule has 0 aliphatic carbocycles. The summed E-state index contributed by atoms with van der Waals surface area (Å²) in [5, 5.41) is 16.0. The second-order valence-corrected chi connectivity index (χ2v) is 5.54. The van der Waals surface area contributed by atoms with Crippen LogP contribution in [0.3, 0.4) is 0 Å². The van der Waals surface area contributed by atoms with Gasteiger partial charge in [-0.15, -0.1) is 5.10 Å². The third kappa shape index (κ3) is 4.94. The first-order valence-electron chi connectivity index (χ1n) is 7.03. The highest BCUT2D eigenvalue weighted by molar-refractivity contribution is 7.99. The van der Waals surface area contributed by atoms with Gasteiger partial charge in [-0.25, -0.2) is 4.68 Å². The maximum atomic E-state index is 4.08. The summed E-state index contributed by atoms with van der Waals surface area (Å²) in [5.74, 6) is 1.04. The molecule has 1 aromatic heterocycles. The first-order valence-corrected chi connectivity index (χ1v) is 8.02. The van der Waals surface area contributed by atoms with E-state index in [0.29, 0.717) is 0 Å². The van der Waals surface area contributed by atoms with Crippen molar-refractivity contribution in [1.82, 2.24) is 25.5 Å². The van der Waals surface area contributed by atoms with Crippen molar-refractivity contribution in [1.29, 1.82) is 0 Å². The SMILES string of the molecule is CCNCCn1nnnc1SCCCc1ccccc1. The van der Waals surface area contributed by atoms with E-state index in [-0.39, 0.29) is 0 Å². The molecule has 0 atom stereocenters. The van der Waals surface area contributed by atoms with Crippen LogP contribution in [0.15, 0.2) is 35.5 Å². The Balaban J connectivity index is 1.70. The van der Waals surface area contributed by atoms with Crippen molar-refractivity contribution >= 4 is 11.8 Å². The van der Waals surface area contributed by atoms with Crippen LogP contribution in [-0.4, -0.2) is 39.0 Å². The first-order chi connectivity index (χ1) is 9.90. The lowest BCUT2D eigenvalue weighted by atomic mass is 10.1. The molecule has 1 heterocycles. The van der Waals surface area contributed by atoms with Gasteiger partial charge in [-0.05, 0) is 35.4 Å². The summed E-state index contributed by atoms with van der Waals surface area (Å²) in [4.78, 5) is 0. The van der Waals surface area contributed by atoms with E-state index in [1.165, 1.54) is 5.56 Å². The van der Waals surface area contributed by atoms with Gasteiger partial charge in [0.2, 0.25) is 5.16 Å². The number of nitrogens with zero attached hydrogens (tertiary/aromatic N) is 4. The zero-order chi connectivity index (χ0) is 14.0. The molecule has 20 heavy (non-hydrogen) atoms. The van der Waals surface area contributed by atoms with Crippen LogP contribution in [-0.2, 0) is 13.0 Å². The molecule has 0 saturated heterocycles. The molecule has 2 rings (SSSR count). The lowest BCUT2D eigenvalue weighted by Crippen LogP contribution is -2.20. The van der Waals surface area contributed by atoms with Crippen molar-refractivity contribution in [2.24, 2.45) is 0 Å². The molecule has 0 amide bonds. The molecule has 0 bridgehead atoms. The van der Waals surface area contributed by atoms with Gasteiger partial charge in [0.25, 0.3) is 0 Å². The highest BCUT2D eigenvalue weighted by Gasteiger charge is 2.05. The largest absolute Gasteiger partial charge is 0.315 e. The summed E-state index contributed by atoms with van der Waals surface area (Å²) in [5.41, 5.74) is 1.39. The Hall–Kier alpha value is -1.40. The first kappa shape index (κ1) is 15.0. The van der Waals surface area contributed by atoms with Gasteiger partial charge in [0.1, 0.15) is 0 Å². The van der Waals surface area contributed by atoms with Crippen molar-refractivity contribution in [3.05, 3.63) is 35.9 Å². The second-order valence-electron chi connectivity index (χ2n) is 4.48. The van der Waals surface area contributed by atoms with E-state index in [4.69, 9.17) is 0 Å². The lowest BCUT2D eigenvalue weighted by molar-refractivity contribution is 0.517. The number of tetrazole rings is 1. The molecule has 0 fully saturated rings. The van der Waals surface area contributed by atoms with Crippen LogP contribution in [0.25, 0.3) is 0 Å². The monoisotopic (exact) mass is 291 g/mol. The third-order valence-electron chi connectivity index (χ3n) is 2.93. The van der Waals surface area contributed by atoms with Crippen LogP contribution in [0.5, 0.6) is 0 Å². The number of hydrogen-bond donors (Lipinski definition) is 1. The zero-order valence-electron chi connectivity index (χ0n) is 11.8. The fraction of sp³-hybridized carbons (Fsp3) is 0.500. The van der Waals surface area contributed by atoms with E-state index < -0.39 is 0 Å². The Morgan fingerprint density at radius 2 is 2.10 bits per heavy atom. The Labute approximate surface area is 124 Å². The minimum Gasteiger partial charge on any atom is -0.315 e. The molecular weight excluding hydrogens is 270 g/mol. The predicted octanol–water partition coefficient (Wildman–Crippen LogP) is 2.01. The van der Waals surface area contributed by atoms with Crippen molar-refractivity contribution < 1.29 is 0 Å². The van der Waals surface area contributed by atoms with Crippen molar-refractivity contribution in [3.8, 4) is 0 Å². The zero-order valence-corrected chi connectivity index (χ0v) is 12.6. The van der Waals surface area contributed by atoms with E-state index >= 15 is 0 Å². The highest BCUT2D eigenvalue weighted by atomic mass is 32.2. The Bertz CT molecular complexity index is 485. The Morgan fingerprint density at radius 3 is 2.90 bits per heavy atom. The normalized spacial score (nSPS) is 10.8. The number of benzene rings is 1. The van der Waals surface area contributed by atoms with Crippen LogP contribution in [0.4, 0.5) is 0 Å². The minimum absolute atomic E-state index is 0.821. The van der Waals surface area contributed by atoms with Gasteiger partial charge in [0.15, 0.2) is 0 Å². The molecule has 0 radical (unpaired) electrons. The topological polar surface area (TPSA) is 55.6 Å². The van der Waals surface area contributed by atoms with Crippen LogP contribution in [0, 0.1) is 0 Å². The van der Waals surface area contributed by atoms with Crippen LogP contribution < -0.4 is 5.32 Å². The lowest BCUT2D eigenvalue weighted by Gasteiger charge is -2.04. The molecule has 108 valence electrons. The minimum atomic E-state index is 0.821. The molecule has 0 saturated carbocycles. The summed E-state index contributed by atoms with van der Waals surface area (Å²) in [7, 11) is 0. The molecule has 0 spiro atoms. The van der Waals surface area contributed by atoms with Gasteiger partial charge in [0, 0.05) is 12.3 Å². The molecule has 1 aromatic carbocycles. The summed E-state index contributed by atoms with van der Waals surface area (Å²) >= 11 is 1.73. The number of nitrogens with one attached hydrogen (secondary N) is 1. The average Bonchev–Trinajstić information content (AvgIpc) is 2.93. The van der Waals surface area contributed by atoms with E-state index in [1.54, 1.807) is 11.8 Å². The second kappa shape index (κ2) is 8.71. The molecule has 2 aromatic rings. The molecule has 0 aliphatic heterocycles. The fourth-order valence-corrected chi connectivity index (χ4v) is 2.73. The fourth-order valence-electron chi connectivity index (χ4n) is 1.89. The van der Waals surface area contributed by atoms with Crippen molar-refractivity contribution in [2.75, 3.05) is 18.8 Å². The predicted molar refractivity (Wildman–Crippen MR) is 81.8 cm³/mol. The van der Waals surface area contributed by atoms with E-state index in [0.717, 1.165) is 43.4 Å². The maximum Gasteiger partial charge on any atom is 0.209 e. The van der Waals surface area contributed by atoms with Gasteiger partial charge in [0.05, 0.1) is 6.54 Å². The molecular formula is C14H21N5S.